The number of rotatable bonds is 12. The van der Waals surface area contributed by atoms with Crippen LogP contribution in [0, 0.1) is 20.8 Å². The van der Waals surface area contributed by atoms with E-state index in [1.165, 1.54) is 37.7 Å². The predicted octanol–water partition coefficient (Wildman–Crippen LogP) is 4.71. The van der Waals surface area contributed by atoms with Gasteiger partial charge in [-0.05, 0) is 76.5 Å². The topological polar surface area (TPSA) is 102 Å². The van der Waals surface area contributed by atoms with Crippen LogP contribution in [0.2, 0.25) is 0 Å². The number of fused-ring (bicyclic) bond motifs is 1. The Bertz CT molecular complexity index is 823. The van der Waals surface area contributed by atoms with Gasteiger partial charge < -0.3 is 9.84 Å². The molecule has 0 bridgehead atoms. The summed E-state index contributed by atoms with van der Waals surface area (Å²) in [6.45, 7) is 8.65. The van der Waals surface area contributed by atoms with Crippen molar-refractivity contribution in [2.75, 3.05) is 6.54 Å². The van der Waals surface area contributed by atoms with Crippen LogP contribution in [0.15, 0.2) is 0 Å². The third kappa shape index (κ3) is 7.13. The Labute approximate surface area is 182 Å². The van der Waals surface area contributed by atoms with Gasteiger partial charge in [-0.15, -0.1) is 0 Å². The van der Waals surface area contributed by atoms with Gasteiger partial charge in [0.2, 0.25) is 0 Å². The van der Waals surface area contributed by atoms with Crippen LogP contribution in [-0.2, 0) is 16.6 Å². The summed E-state index contributed by atoms with van der Waals surface area (Å²) in [6.07, 6.45) is 12.0. The van der Waals surface area contributed by atoms with E-state index in [1.807, 2.05) is 20.8 Å². The number of aromatic hydroxyl groups is 1. The molecule has 1 atom stereocenters. The van der Waals surface area contributed by atoms with Crippen molar-refractivity contribution in [3.05, 3.63) is 22.3 Å². The molecule has 1 aliphatic rings. The lowest BCUT2D eigenvalue weighted by Gasteiger charge is -2.38. The van der Waals surface area contributed by atoms with E-state index >= 15 is 0 Å². The van der Waals surface area contributed by atoms with Crippen LogP contribution in [-0.4, -0.2) is 25.7 Å². The number of nitrogens with one attached hydrogen (secondary N) is 1. The largest absolute Gasteiger partial charge is 0.507 e. The molecule has 0 amide bonds. The van der Waals surface area contributed by atoms with Crippen LogP contribution in [0.5, 0.6) is 11.5 Å². The zero-order valence-corrected chi connectivity index (χ0v) is 20.0. The molecule has 0 fully saturated rings. The minimum Gasteiger partial charge on any atom is -0.507 e. The number of nitrogens with two attached hydrogens (primary N) is 1. The highest BCUT2D eigenvalue weighted by atomic mass is 32.2. The standard InChI is InChI=1S/C23H40N2O4S/c1-17-18(2)22-20(19(3)21(17)26)13-15-23(4,29-22)14-11-9-7-5-6-8-10-12-16-25-30(24,27)28/h25-26H,5-16H2,1-4H3,(H2,24,27,28)/t23-/m1/s1. The highest BCUT2D eigenvalue weighted by molar-refractivity contribution is 7.87. The fourth-order valence-corrected chi connectivity index (χ4v) is 4.80. The molecule has 0 unspecified atom stereocenters. The number of hydrogen-bond acceptors (Lipinski definition) is 4. The molecule has 1 aromatic rings. The second-order valence-corrected chi connectivity index (χ2v) is 10.5. The second-order valence-electron chi connectivity index (χ2n) is 9.10. The lowest BCUT2D eigenvalue weighted by Crippen LogP contribution is -2.37. The average Bonchev–Trinajstić information content (AvgIpc) is 2.68. The molecule has 30 heavy (non-hydrogen) atoms. The van der Waals surface area contributed by atoms with E-state index in [9.17, 15) is 13.5 Å². The maximum absolute atomic E-state index is 10.8. The zero-order chi connectivity index (χ0) is 22.4. The highest BCUT2D eigenvalue weighted by Crippen LogP contribution is 2.44. The minimum atomic E-state index is -3.54. The van der Waals surface area contributed by atoms with E-state index < -0.39 is 10.2 Å². The highest BCUT2D eigenvalue weighted by Gasteiger charge is 2.34. The molecule has 0 aromatic heterocycles. The van der Waals surface area contributed by atoms with Gasteiger partial charge in [0.15, 0.2) is 0 Å². The summed E-state index contributed by atoms with van der Waals surface area (Å²) in [6, 6.07) is 0. The molecule has 172 valence electrons. The van der Waals surface area contributed by atoms with Crippen LogP contribution in [0.25, 0.3) is 0 Å². The predicted molar refractivity (Wildman–Crippen MR) is 122 cm³/mol. The van der Waals surface area contributed by atoms with Crippen molar-refractivity contribution in [2.24, 2.45) is 5.14 Å². The molecule has 0 radical (unpaired) electrons. The fourth-order valence-electron chi connectivity index (χ4n) is 4.37. The summed E-state index contributed by atoms with van der Waals surface area (Å²) in [5.74, 6) is 1.41. The van der Waals surface area contributed by atoms with Gasteiger partial charge in [-0.25, -0.2) is 9.86 Å². The van der Waals surface area contributed by atoms with E-state index in [0.717, 1.165) is 61.0 Å². The quantitative estimate of drug-likeness (QED) is 0.410. The molecule has 4 N–H and O–H groups in total. The molecule has 0 saturated carbocycles. The van der Waals surface area contributed by atoms with Gasteiger partial charge in [0.1, 0.15) is 17.1 Å². The lowest BCUT2D eigenvalue weighted by molar-refractivity contribution is 0.0521. The fraction of sp³-hybridized carbons (Fsp3) is 0.739. The third-order valence-corrected chi connectivity index (χ3v) is 7.13. The van der Waals surface area contributed by atoms with Crippen LogP contribution in [0.4, 0.5) is 0 Å². The molecule has 6 nitrogen and oxygen atoms in total. The van der Waals surface area contributed by atoms with Gasteiger partial charge >= 0.3 is 0 Å². The minimum absolute atomic E-state index is 0.121. The molecule has 1 aliphatic heterocycles. The molecule has 7 heteroatoms. The van der Waals surface area contributed by atoms with Gasteiger partial charge in [0.05, 0.1) is 0 Å². The summed E-state index contributed by atoms with van der Waals surface area (Å²) in [4.78, 5) is 0. The molecule has 1 heterocycles. The smallest absolute Gasteiger partial charge is 0.274 e. The van der Waals surface area contributed by atoms with Crippen LogP contribution in [0.3, 0.4) is 0 Å². The number of phenols is 1. The van der Waals surface area contributed by atoms with E-state index in [1.54, 1.807) is 0 Å². The monoisotopic (exact) mass is 440 g/mol. The number of hydrogen-bond donors (Lipinski definition) is 3. The molecule has 2 rings (SSSR count). The van der Waals surface area contributed by atoms with Crippen molar-refractivity contribution in [3.63, 3.8) is 0 Å². The third-order valence-electron chi connectivity index (χ3n) is 6.53. The van der Waals surface area contributed by atoms with Crippen molar-refractivity contribution < 1.29 is 18.3 Å². The van der Waals surface area contributed by atoms with Gasteiger partial charge in [-0.2, -0.15) is 8.42 Å². The van der Waals surface area contributed by atoms with E-state index in [4.69, 9.17) is 9.88 Å². The number of phenolic OH excluding ortho intramolecular Hbond substituents is 1. The van der Waals surface area contributed by atoms with Gasteiger partial charge in [-0.3, -0.25) is 0 Å². The van der Waals surface area contributed by atoms with Crippen molar-refractivity contribution in [2.45, 2.75) is 104 Å². The van der Waals surface area contributed by atoms with Crippen molar-refractivity contribution in [1.82, 2.24) is 4.72 Å². The van der Waals surface area contributed by atoms with Crippen LogP contribution >= 0.6 is 0 Å². The van der Waals surface area contributed by atoms with Crippen molar-refractivity contribution >= 4 is 10.2 Å². The van der Waals surface area contributed by atoms with Gasteiger partial charge in [0, 0.05) is 12.1 Å². The Hall–Kier alpha value is -1.31. The van der Waals surface area contributed by atoms with Crippen LogP contribution < -0.4 is 14.6 Å². The summed E-state index contributed by atoms with van der Waals surface area (Å²) >= 11 is 0. The van der Waals surface area contributed by atoms with Crippen molar-refractivity contribution in [1.29, 1.82) is 0 Å². The SMILES string of the molecule is Cc1c(C)c2c(c(C)c1O)CC[C@@](C)(CCCCCCCCCCNS(N)(=O)=O)O2. The number of ether oxygens (including phenoxy) is 1. The first-order chi connectivity index (χ1) is 14.0. The summed E-state index contributed by atoms with van der Waals surface area (Å²) < 4.78 is 30.4. The molecular weight excluding hydrogens is 400 g/mol. The summed E-state index contributed by atoms with van der Waals surface area (Å²) in [5, 5.41) is 15.2. The van der Waals surface area contributed by atoms with Gasteiger partial charge in [-0.1, -0.05) is 38.5 Å². The Balaban J connectivity index is 1.65. The van der Waals surface area contributed by atoms with E-state index in [-0.39, 0.29) is 5.60 Å². The first-order valence-electron chi connectivity index (χ1n) is 11.3. The summed E-state index contributed by atoms with van der Waals surface area (Å²) in [7, 11) is -3.54. The zero-order valence-electron chi connectivity index (χ0n) is 19.1. The maximum Gasteiger partial charge on any atom is 0.274 e. The maximum atomic E-state index is 10.8. The Morgan fingerprint density at radius 2 is 1.53 bits per heavy atom. The summed E-state index contributed by atoms with van der Waals surface area (Å²) in [5.41, 5.74) is 4.02. The first-order valence-corrected chi connectivity index (χ1v) is 12.9. The van der Waals surface area contributed by atoms with E-state index in [0.29, 0.717) is 12.3 Å². The number of benzene rings is 1. The molecule has 0 spiro atoms. The van der Waals surface area contributed by atoms with Gasteiger partial charge in [0.25, 0.3) is 10.2 Å². The molecule has 0 saturated heterocycles. The number of unbranched alkanes of at least 4 members (excludes halogenated alkanes) is 7. The lowest BCUT2D eigenvalue weighted by atomic mass is 9.84. The van der Waals surface area contributed by atoms with Crippen LogP contribution in [0.1, 0.15) is 93.4 Å². The molecular formula is C23H40N2O4S. The normalized spacial score (nSPS) is 18.8. The second kappa shape index (κ2) is 10.8. The van der Waals surface area contributed by atoms with Crippen molar-refractivity contribution in [3.8, 4) is 11.5 Å². The Morgan fingerprint density at radius 3 is 2.13 bits per heavy atom. The average molecular weight is 441 g/mol. The molecule has 1 aromatic carbocycles. The Morgan fingerprint density at radius 1 is 0.967 bits per heavy atom. The first kappa shape index (κ1) is 25.0. The van der Waals surface area contributed by atoms with E-state index in [2.05, 4.69) is 11.6 Å². The Kier molecular flexibility index (Phi) is 9.00. The molecule has 0 aliphatic carbocycles.